The molecule has 9 heteroatoms. The molecule has 2 aromatic carbocycles. The van der Waals surface area contributed by atoms with Crippen LogP contribution in [0.25, 0.3) is 5.53 Å². The first-order chi connectivity index (χ1) is 14.3. The number of rotatable bonds is 10. The number of carbonyl (C=O) groups is 1. The molecule has 8 nitrogen and oxygen atoms in total. The maximum atomic E-state index is 13.0. The Morgan fingerprint density at radius 1 is 1.23 bits per heavy atom. The van der Waals surface area contributed by atoms with Crippen molar-refractivity contribution in [1.29, 1.82) is 0 Å². The number of nitrogens with one attached hydrogen (secondary N) is 1. The number of hydrogen-bond acceptors (Lipinski definition) is 5. The number of sulfonamides is 1. The highest BCUT2D eigenvalue weighted by molar-refractivity contribution is 7.89. The highest BCUT2D eigenvalue weighted by atomic mass is 32.2. The molecular formula is C21H23N3O5S. The van der Waals surface area contributed by atoms with E-state index in [0.717, 1.165) is 5.56 Å². The van der Waals surface area contributed by atoms with E-state index in [9.17, 15) is 18.7 Å². The van der Waals surface area contributed by atoms with Gasteiger partial charge in [0, 0.05) is 5.56 Å². The predicted octanol–water partition coefficient (Wildman–Crippen LogP) is 2.81. The van der Waals surface area contributed by atoms with Gasteiger partial charge in [-0.3, -0.25) is 0 Å². The summed E-state index contributed by atoms with van der Waals surface area (Å²) in [6.07, 6.45) is 1.52. The Balaban J connectivity index is 2.57. The maximum absolute atomic E-state index is 13.0. The van der Waals surface area contributed by atoms with Gasteiger partial charge in [-0.25, -0.2) is 13.2 Å². The zero-order valence-electron chi connectivity index (χ0n) is 16.7. The van der Waals surface area contributed by atoms with Crippen molar-refractivity contribution in [2.45, 2.75) is 24.8 Å². The average Bonchev–Trinajstić information content (AvgIpc) is 2.72. The molecule has 2 rings (SSSR count). The van der Waals surface area contributed by atoms with Crippen LogP contribution in [0.1, 0.15) is 24.1 Å². The summed E-state index contributed by atoms with van der Waals surface area (Å²) in [5.41, 5.74) is 10.2. The fraction of sp³-hybridized carbons (Fsp3) is 0.238. The number of nitrogens with zero attached hydrogens (tertiary/aromatic N) is 2. The molecule has 0 aliphatic heterocycles. The Kier molecular flexibility index (Phi) is 8.06. The molecule has 0 radical (unpaired) electrons. The first-order valence-corrected chi connectivity index (χ1v) is 10.6. The fourth-order valence-electron chi connectivity index (χ4n) is 2.63. The topological polar surface area (TPSA) is 118 Å². The molecule has 0 saturated heterocycles. The second-order valence-electron chi connectivity index (χ2n) is 6.21. The van der Waals surface area contributed by atoms with Crippen molar-refractivity contribution < 1.29 is 27.5 Å². The Morgan fingerprint density at radius 2 is 1.90 bits per heavy atom. The summed E-state index contributed by atoms with van der Waals surface area (Å²) in [7, 11) is -4.09. The van der Waals surface area contributed by atoms with Crippen molar-refractivity contribution in [2.24, 2.45) is 0 Å². The van der Waals surface area contributed by atoms with E-state index in [1.807, 2.05) is 6.92 Å². The van der Waals surface area contributed by atoms with Gasteiger partial charge in [-0.05, 0) is 32.0 Å². The second kappa shape index (κ2) is 10.5. The number of esters is 1. The summed E-state index contributed by atoms with van der Waals surface area (Å²) >= 11 is 0. The summed E-state index contributed by atoms with van der Waals surface area (Å²) in [5.74, 6) is -0.672. The Morgan fingerprint density at radius 3 is 2.50 bits per heavy atom. The van der Waals surface area contributed by atoms with Crippen LogP contribution < -0.4 is 9.46 Å². The van der Waals surface area contributed by atoms with Crippen molar-refractivity contribution in [3.05, 3.63) is 77.8 Å². The lowest BCUT2D eigenvalue weighted by Crippen LogP contribution is -2.39. The summed E-state index contributed by atoms with van der Waals surface area (Å²) in [5, 5.41) is 0. The molecule has 30 heavy (non-hydrogen) atoms. The van der Waals surface area contributed by atoms with Crippen LogP contribution in [0.2, 0.25) is 0 Å². The van der Waals surface area contributed by atoms with Crippen molar-refractivity contribution in [3.8, 4) is 5.75 Å². The third-order valence-electron chi connectivity index (χ3n) is 4.06. The number of para-hydroxylation sites is 1. The average molecular weight is 429 g/mol. The summed E-state index contributed by atoms with van der Waals surface area (Å²) in [6.45, 7) is 7.17. The number of ether oxygens (including phenoxy) is 2. The molecule has 2 aromatic rings. The van der Waals surface area contributed by atoms with Crippen LogP contribution in [0.15, 0.2) is 66.1 Å². The van der Waals surface area contributed by atoms with Crippen LogP contribution in [0, 0.1) is 6.92 Å². The minimum Gasteiger partial charge on any atom is -0.489 e. The van der Waals surface area contributed by atoms with Crippen molar-refractivity contribution in [2.75, 3.05) is 13.2 Å². The summed E-state index contributed by atoms with van der Waals surface area (Å²) < 4.78 is 38.9. The van der Waals surface area contributed by atoms with Crippen LogP contribution in [-0.4, -0.2) is 38.1 Å². The first-order valence-electron chi connectivity index (χ1n) is 9.14. The van der Waals surface area contributed by atoms with Gasteiger partial charge in [0.2, 0.25) is 10.0 Å². The van der Waals surface area contributed by atoms with Gasteiger partial charge in [-0.2, -0.15) is 9.51 Å². The zero-order valence-corrected chi connectivity index (χ0v) is 17.6. The van der Waals surface area contributed by atoms with E-state index in [1.165, 1.54) is 18.2 Å². The Labute approximate surface area is 175 Å². The van der Waals surface area contributed by atoms with Crippen LogP contribution in [0.5, 0.6) is 5.75 Å². The highest BCUT2D eigenvalue weighted by Gasteiger charge is 2.39. The lowest BCUT2D eigenvalue weighted by atomic mass is 10.0. The van der Waals surface area contributed by atoms with Gasteiger partial charge >= 0.3 is 11.7 Å². The van der Waals surface area contributed by atoms with E-state index in [-0.39, 0.29) is 23.7 Å². The SMILES string of the molecule is C=CCOc1ccccc1C(NS(=O)(=O)c1ccc(C)cc1)C(=[N+]=[N-])C(=O)OCC. The number of hydrogen-bond donors (Lipinski definition) is 1. The summed E-state index contributed by atoms with van der Waals surface area (Å²) in [6, 6.07) is 11.3. The van der Waals surface area contributed by atoms with Gasteiger partial charge in [-0.1, -0.05) is 48.6 Å². The smallest absolute Gasteiger partial charge is 0.419 e. The number of aryl methyl sites for hydroxylation is 1. The third-order valence-corrected chi connectivity index (χ3v) is 5.50. The van der Waals surface area contributed by atoms with Gasteiger partial charge < -0.3 is 15.0 Å². The van der Waals surface area contributed by atoms with E-state index < -0.39 is 27.7 Å². The molecule has 0 amide bonds. The highest BCUT2D eigenvalue weighted by Crippen LogP contribution is 2.28. The molecule has 0 aromatic heterocycles. The van der Waals surface area contributed by atoms with Crippen LogP contribution in [0.3, 0.4) is 0 Å². The molecular weight excluding hydrogens is 406 g/mol. The molecule has 0 spiro atoms. The largest absolute Gasteiger partial charge is 0.489 e. The Hall–Kier alpha value is -3.26. The van der Waals surface area contributed by atoms with Gasteiger partial charge in [0.05, 0.1) is 11.5 Å². The predicted molar refractivity (Wildman–Crippen MR) is 112 cm³/mol. The van der Waals surface area contributed by atoms with E-state index in [2.05, 4.69) is 16.1 Å². The first kappa shape index (κ1) is 23.0. The van der Waals surface area contributed by atoms with E-state index in [0.29, 0.717) is 5.75 Å². The number of carbonyl (C=O) groups excluding carboxylic acids is 1. The molecule has 0 saturated carbocycles. The lowest BCUT2D eigenvalue weighted by molar-refractivity contribution is -0.140. The van der Waals surface area contributed by atoms with Gasteiger partial charge in [-0.15, -0.1) is 0 Å². The summed E-state index contributed by atoms with van der Waals surface area (Å²) in [4.78, 5) is 15.4. The molecule has 0 fully saturated rings. The van der Waals surface area contributed by atoms with Gasteiger partial charge in [0.15, 0.2) is 6.04 Å². The minimum atomic E-state index is -4.09. The Bertz CT molecular complexity index is 1060. The molecule has 0 aliphatic rings. The van der Waals surface area contributed by atoms with Gasteiger partial charge in [0.1, 0.15) is 12.4 Å². The standard InChI is InChI=1S/C21H23N3O5S/c1-4-14-29-18-9-7-6-8-17(18)19(20(23-22)21(25)28-5-2)24-30(26,27)16-12-10-15(3)11-13-16/h4,6-13,19,24H,1,5,14H2,2-3H3. The zero-order chi connectivity index (χ0) is 22.1. The van der Waals surface area contributed by atoms with Crippen molar-refractivity contribution in [3.63, 3.8) is 0 Å². The molecule has 0 bridgehead atoms. The van der Waals surface area contributed by atoms with Gasteiger partial charge in [0.25, 0.3) is 0 Å². The minimum absolute atomic E-state index is 0.0104. The lowest BCUT2D eigenvalue weighted by Gasteiger charge is -2.18. The van der Waals surface area contributed by atoms with E-state index >= 15 is 0 Å². The molecule has 158 valence electrons. The van der Waals surface area contributed by atoms with Crippen LogP contribution >= 0.6 is 0 Å². The fourth-order valence-corrected chi connectivity index (χ4v) is 3.81. The van der Waals surface area contributed by atoms with Crippen LogP contribution in [-0.2, 0) is 19.6 Å². The molecule has 0 aliphatic carbocycles. The van der Waals surface area contributed by atoms with Crippen molar-refractivity contribution >= 4 is 21.7 Å². The number of benzene rings is 2. The van der Waals surface area contributed by atoms with E-state index in [1.54, 1.807) is 43.3 Å². The monoisotopic (exact) mass is 429 g/mol. The maximum Gasteiger partial charge on any atom is 0.419 e. The normalized spacial score (nSPS) is 11.8. The van der Waals surface area contributed by atoms with Crippen molar-refractivity contribution in [1.82, 2.24) is 4.72 Å². The molecule has 1 unspecified atom stereocenters. The second-order valence-corrected chi connectivity index (χ2v) is 7.92. The molecule has 1 atom stereocenters. The quantitative estimate of drug-likeness (QED) is 0.205. The molecule has 0 heterocycles. The van der Waals surface area contributed by atoms with E-state index in [4.69, 9.17) is 9.47 Å². The third kappa shape index (κ3) is 5.64. The molecule has 1 N–H and O–H groups in total. The van der Waals surface area contributed by atoms with Crippen LogP contribution in [0.4, 0.5) is 0 Å².